The zero-order valence-corrected chi connectivity index (χ0v) is 27.4. The van der Waals surface area contributed by atoms with Gasteiger partial charge in [0.25, 0.3) is 0 Å². The number of fused-ring (bicyclic) bond motifs is 1. The summed E-state index contributed by atoms with van der Waals surface area (Å²) in [6.45, 7) is 17.2. The van der Waals surface area contributed by atoms with E-state index in [1.807, 2.05) is 20.8 Å². The topological polar surface area (TPSA) is 78.8 Å². The number of phosphoric ester groups is 1. The minimum absolute atomic E-state index is 0. The van der Waals surface area contributed by atoms with Crippen LogP contribution in [0.2, 0.25) is 0 Å². The van der Waals surface area contributed by atoms with Crippen molar-refractivity contribution in [3.05, 3.63) is 22.3 Å². The van der Waals surface area contributed by atoms with Gasteiger partial charge in [-0.15, -0.1) is 0 Å². The van der Waals surface area contributed by atoms with Crippen LogP contribution in [0.4, 0.5) is 0 Å². The van der Waals surface area contributed by atoms with E-state index >= 15 is 0 Å². The van der Waals surface area contributed by atoms with Crippen molar-refractivity contribution in [2.24, 2.45) is 17.8 Å². The number of rotatable bonds is 14. The molecule has 5 nitrogen and oxygen atoms in total. The second-order valence-electron chi connectivity index (χ2n) is 12.0. The molecule has 0 bridgehead atoms. The van der Waals surface area contributed by atoms with E-state index in [2.05, 4.69) is 34.6 Å². The Labute approximate surface area is 243 Å². The third-order valence-corrected chi connectivity index (χ3v) is 8.46. The molecule has 1 aromatic carbocycles. The first-order valence-electron chi connectivity index (χ1n) is 13.8. The molecule has 2 rings (SSSR count). The fourth-order valence-electron chi connectivity index (χ4n) is 5.51. The summed E-state index contributed by atoms with van der Waals surface area (Å²) in [6, 6.07) is 0. The molecule has 4 atom stereocenters. The van der Waals surface area contributed by atoms with E-state index in [1.54, 1.807) is 0 Å². The maximum atomic E-state index is 11.4. The zero-order chi connectivity index (χ0) is 26.4. The van der Waals surface area contributed by atoms with E-state index in [9.17, 15) is 14.4 Å². The molecule has 1 aromatic rings. The minimum atomic E-state index is -4.86. The van der Waals surface area contributed by atoms with Crippen LogP contribution in [0.15, 0.2) is 0 Å². The van der Waals surface area contributed by atoms with Crippen LogP contribution in [0.3, 0.4) is 0 Å². The summed E-state index contributed by atoms with van der Waals surface area (Å²) >= 11 is 0. The predicted molar refractivity (Wildman–Crippen MR) is 143 cm³/mol. The molecular formula is C29H50NaO5P. The van der Waals surface area contributed by atoms with Crippen LogP contribution in [-0.4, -0.2) is 10.5 Å². The average molecular weight is 533 g/mol. The van der Waals surface area contributed by atoms with Crippen molar-refractivity contribution < 1.29 is 53.2 Å². The third kappa shape index (κ3) is 10.6. The molecule has 36 heavy (non-hydrogen) atoms. The zero-order valence-electron chi connectivity index (χ0n) is 24.5. The summed E-state index contributed by atoms with van der Waals surface area (Å²) in [5.74, 6) is 3.50. The molecular weight excluding hydrogens is 482 g/mol. The fourth-order valence-corrected chi connectivity index (χ4v) is 6.02. The van der Waals surface area contributed by atoms with Gasteiger partial charge in [-0.1, -0.05) is 72.6 Å². The number of benzene rings is 1. The molecule has 1 aliphatic heterocycles. The van der Waals surface area contributed by atoms with Crippen LogP contribution in [0.5, 0.6) is 11.5 Å². The van der Waals surface area contributed by atoms with E-state index in [4.69, 9.17) is 9.26 Å². The Bertz CT molecular complexity index is 881. The first-order valence-corrected chi connectivity index (χ1v) is 15.3. The third-order valence-electron chi connectivity index (χ3n) is 8.04. The summed E-state index contributed by atoms with van der Waals surface area (Å²) in [4.78, 5) is 20.6. The van der Waals surface area contributed by atoms with Crippen molar-refractivity contribution in [1.29, 1.82) is 0 Å². The molecule has 0 aliphatic carbocycles. The molecule has 202 valence electrons. The first kappa shape index (κ1) is 34.0. The quantitative estimate of drug-likeness (QED) is 0.270. The van der Waals surface area contributed by atoms with Gasteiger partial charge in [0.15, 0.2) is 0 Å². The van der Waals surface area contributed by atoms with Gasteiger partial charge in [-0.05, 0) is 87.8 Å². The van der Waals surface area contributed by atoms with Crippen molar-refractivity contribution in [3.8, 4) is 11.5 Å². The molecule has 0 saturated carbocycles. The first-order chi connectivity index (χ1) is 16.2. The average Bonchev–Trinajstić information content (AvgIpc) is 2.74. The van der Waals surface area contributed by atoms with Gasteiger partial charge in [0, 0.05) is 5.56 Å². The Balaban J connectivity index is 0.00000648. The van der Waals surface area contributed by atoms with E-state index in [0.29, 0.717) is 5.56 Å². The van der Waals surface area contributed by atoms with Crippen molar-refractivity contribution in [3.63, 3.8) is 0 Å². The summed E-state index contributed by atoms with van der Waals surface area (Å²) in [7, 11) is -4.86. The van der Waals surface area contributed by atoms with Gasteiger partial charge in [-0.25, -0.2) is 0 Å². The summed E-state index contributed by atoms with van der Waals surface area (Å²) in [5, 5.41) is 0. The SMILES string of the molecule is Cc1c(C)c2c(c(C)c1OP(=O)([O-])O)CCC(C)(CCCC(C)CCCC(C)CCCC(C)C)O2.[Na+]. The van der Waals surface area contributed by atoms with E-state index in [-0.39, 0.29) is 40.9 Å². The molecule has 0 saturated heterocycles. The van der Waals surface area contributed by atoms with Gasteiger partial charge < -0.3 is 19.0 Å². The van der Waals surface area contributed by atoms with E-state index < -0.39 is 7.82 Å². The molecule has 1 N–H and O–H groups in total. The molecule has 0 radical (unpaired) electrons. The number of ether oxygens (including phenoxy) is 1. The van der Waals surface area contributed by atoms with Crippen LogP contribution in [0, 0.1) is 38.5 Å². The van der Waals surface area contributed by atoms with Gasteiger partial charge in [0.2, 0.25) is 0 Å². The number of hydrogen-bond donors (Lipinski definition) is 1. The maximum Gasteiger partial charge on any atom is 1.00 e. The van der Waals surface area contributed by atoms with Gasteiger partial charge in [0.05, 0.1) is 0 Å². The monoisotopic (exact) mass is 532 g/mol. The Morgan fingerprint density at radius 3 is 2.00 bits per heavy atom. The van der Waals surface area contributed by atoms with Gasteiger partial charge in [-0.3, -0.25) is 4.57 Å². The summed E-state index contributed by atoms with van der Waals surface area (Å²) in [6.07, 6.45) is 13.2. The fraction of sp³-hybridized carbons (Fsp3) is 0.793. The molecule has 7 heteroatoms. The van der Waals surface area contributed by atoms with Gasteiger partial charge in [0.1, 0.15) is 17.1 Å². The van der Waals surface area contributed by atoms with Crippen LogP contribution in [0.1, 0.15) is 121 Å². The number of phosphoric acid groups is 1. The molecule has 0 spiro atoms. The predicted octanol–water partition coefficient (Wildman–Crippen LogP) is 4.98. The van der Waals surface area contributed by atoms with Gasteiger partial charge in [-0.2, -0.15) is 0 Å². The second kappa shape index (κ2) is 14.9. The Kier molecular flexibility index (Phi) is 14.1. The second-order valence-corrected chi connectivity index (χ2v) is 13.1. The molecule has 0 aromatic heterocycles. The molecule has 0 fully saturated rings. The van der Waals surface area contributed by atoms with Crippen molar-refractivity contribution in [1.82, 2.24) is 0 Å². The minimum Gasteiger partial charge on any atom is -0.746 e. The van der Waals surface area contributed by atoms with Crippen molar-refractivity contribution >= 4 is 7.82 Å². The van der Waals surface area contributed by atoms with Gasteiger partial charge >= 0.3 is 37.4 Å². The number of hydrogen-bond acceptors (Lipinski definition) is 4. The van der Waals surface area contributed by atoms with E-state index in [1.165, 1.54) is 44.9 Å². The Morgan fingerprint density at radius 1 is 0.944 bits per heavy atom. The summed E-state index contributed by atoms with van der Waals surface area (Å²) in [5.41, 5.74) is 3.10. The maximum absolute atomic E-state index is 11.4. The molecule has 0 amide bonds. The van der Waals surface area contributed by atoms with Crippen molar-refractivity contribution in [2.75, 3.05) is 0 Å². The summed E-state index contributed by atoms with van der Waals surface area (Å²) < 4.78 is 22.9. The Hall–Kier alpha value is -0.0300. The van der Waals surface area contributed by atoms with Crippen LogP contribution in [-0.2, 0) is 11.0 Å². The largest absolute Gasteiger partial charge is 1.00 e. The van der Waals surface area contributed by atoms with Crippen LogP contribution < -0.4 is 43.7 Å². The molecule has 4 unspecified atom stereocenters. The van der Waals surface area contributed by atoms with Crippen LogP contribution >= 0.6 is 7.82 Å². The molecule has 1 aliphatic rings. The normalized spacial score (nSPS) is 20.6. The molecule has 1 heterocycles. The van der Waals surface area contributed by atoms with E-state index in [0.717, 1.165) is 65.9 Å². The van der Waals surface area contributed by atoms with Crippen molar-refractivity contribution in [2.45, 2.75) is 132 Å². The Morgan fingerprint density at radius 2 is 1.47 bits per heavy atom. The standard InChI is InChI=1S/C29H51O5P.Na/c1-20(2)12-9-13-21(3)14-10-15-22(4)16-11-18-29(8)19-17-26-25(7)27(34-35(30,31)32)23(5)24(6)28(26)33-29;/h20-22H,9-19H2,1-8H3,(H2,30,31,32);/q;+1/p-1. The smallest absolute Gasteiger partial charge is 0.746 e. The van der Waals surface area contributed by atoms with Crippen LogP contribution in [0.25, 0.3) is 0 Å².